The van der Waals surface area contributed by atoms with Gasteiger partial charge in [-0.25, -0.2) is 19.4 Å². The van der Waals surface area contributed by atoms with Gasteiger partial charge in [0.25, 0.3) is 0 Å². The second kappa shape index (κ2) is 10.3. The minimum Gasteiger partial charge on any atom is -0.457 e. The van der Waals surface area contributed by atoms with Gasteiger partial charge in [0, 0.05) is 24.5 Å². The molecule has 1 saturated heterocycles. The summed E-state index contributed by atoms with van der Waals surface area (Å²) >= 11 is 6.57. The highest BCUT2D eigenvalue weighted by atomic mass is 35.5. The largest absolute Gasteiger partial charge is 0.457 e. The molecule has 192 valence electrons. The normalized spacial score (nSPS) is 16.0. The zero-order chi connectivity index (χ0) is 26.0. The van der Waals surface area contributed by atoms with Gasteiger partial charge in [0.15, 0.2) is 11.0 Å². The van der Waals surface area contributed by atoms with E-state index in [-0.39, 0.29) is 17.3 Å². The zero-order valence-electron chi connectivity index (χ0n) is 21.0. The number of carbonyl (C=O) groups excluding carboxylic acids is 1. The Morgan fingerprint density at radius 2 is 1.92 bits per heavy atom. The van der Waals surface area contributed by atoms with Crippen LogP contribution in [0.15, 0.2) is 61.1 Å². The summed E-state index contributed by atoms with van der Waals surface area (Å²) in [6, 6.07) is 15.3. The number of halogens is 1. The molecule has 37 heavy (non-hydrogen) atoms. The van der Waals surface area contributed by atoms with Crippen LogP contribution in [0.25, 0.3) is 16.6 Å². The summed E-state index contributed by atoms with van der Waals surface area (Å²) in [6.45, 7) is 6.75. The molecular weight excluding hydrogens is 492 g/mol. The monoisotopic (exact) mass is 520 g/mol. The molecular formula is C27H29ClN6O3. The predicted octanol–water partition coefficient (Wildman–Crippen LogP) is 6.07. The number of ether oxygens (including phenoxy) is 2. The number of anilines is 1. The second-order valence-corrected chi connectivity index (χ2v) is 10.3. The Morgan fingerprint density at radius 1 is 1.11 bits per heavy atom. The van der Waals surface area contributed by atoms with Gasteiger partial charge in [-0.05, 0) is 63.9 Å². The number of carbonyl (C=O) groups is 1. The molecule has 2 aromatic heterocycles. The summed E-state index contributed by atoms with van der Waals surface area (Å²) in [6.07, 6.45) is 4.58. The molecule has 9 nitrogen and oxygen atoms in total. The van der Waals surface area contributed by atoms with Crippen LogP contribution in [0.2, 0.25) is 5.15 Å². The first-order valence-corrected chi connectivity index (χ1v) is 12.6. The molecule has 0 radical (unpaired) electrons. The molecule has 1 atom stereocenters. The average Bonchev–Trinajstić information content (AvgIpc) is 3.27. The molecule has 1 aliphatic heterocycles. The third-order valence-corrected chi connectivity index (χ3v) is 6.20. The quantitative estimate of drug-likeness (QED) is 0.319. The fraction of sp³-hybridized carbons (Fsp3) is 0.333. The van der Waals surface area contributed by atoms with Gasteiger partial charge >= 0.3 is 6.09 Å². The van der Waals surface area contributed by atoms with Crippen LogP contribution >= 0.6 is 11.6 Å². The highest BCUT2D eigenvalue weighted by Gasteiger charge is 2.29. The summed E-state index contributed by atoms with van der Waals surface area (Å²) < 4.78 is 13.3. The van der Waals surface area contributed by atoms with Gasteiger partial charge in [-0.2, -0.15) is 5.10 Å². The highest BCUT2D eigenvalue weighted by Crippen LogP contribution is 2.31. The number of rotatable bonds is 5. The molecule has 1 fully saturated rings. The van der Waals surface area contributed by atoms with Crippen molar-refractivity contribution in [1.82, 2.24) is 24.6 Å². The van der Waals surface area contributed by atoms with Crippen LogP contribution in [0.4, 0.5) is 10.6 Å². The highest BCUT2D eigenvalue weighted by molar-refractivity contribution is 6.31. The van der Waals surface area contributed by atoms with Crippen LogP contribution in [0.5, 0.6) is 11.5 Å². The van der Waals surface area contributed by atoms with Gasteiger partial charge in [-0.1, -0.05) is 29.8 Å². The molecule has 4 aromatic rings. The van der Waals surface area contributed by atoms with Crippen molar-refractivity contribution in [1.29, 1.82) is 0 Å². The van der Waals surface area contributed by atoms with Crippen molar-refractivity contribution in [2.24, 2.45) is 0 Å². The van der Waals surface area contributed by atoms with Crippen LogP contribution in [0.3, 0.4) is 0 Å². The van der Waals surface area contributed by atoms with Crippen LogP contribution in [0.1, 0.15) is 33.6 Å². The van der Waals surface area contributed by atoms with Gasteiger partial charge in [0.1, 0.15) is 29.1 Å². The molecule has 10 heteroatoms. The van der Waals surface area contributed by atoms with Crippen molar-refractivity contribution in [3.8, 4) is 17.2 Å². The first kappa shape index (κ1) is 24.8. The van der Waals surface area contributed by atoms with Gasteiger partial charge in [-0.15, -0.1) is 0 Å². The van der Waals surface area contributed by atoms with E-state index in [0.717, 1.165) is 29.5 Å². The molecule has 0 aliphatic carbocycles. The molecule has 3 heterocycles. The summed E-state index contributed by atoms with van der Waals surface area (Å²) in [5.41, 5.74) is 0.835. The number of hydrogen-bond acceptors (Lipinski definition) is 7. The SMILES string of the molecule is CC(C)(C)OC(=O)N1CCC[C@@H](Nc2ncnc(Cl)c2-n2ncc3cc(Oc4ccccc4)ccc32)C1. The standard InChI is InChI=1S/C27H29ClN6O3/c1-27(2,3)37-26(35)33-13-7-8-19(16-33)32-25-23(24(28)29-17-30-25)34-22-12-11-21(14-18(22)15-31-34)36-20-9-5-4-6-10-20/h4-6,9-12,14-15,17,19H,7-8,13,16H2,1-3H3,(H,29,30,32)/t19-/m1/s1. The van der Waals surface area contributed by atoms with E-state index < -0.39 is 5.60 Å². The van der Waals surface area contributed by atoms with E-state index >= 15 is 0 Å². The van der Waals surface area contributed by atoms with E-state index in [1.165, 1.54) is 6.33 Å². The second-order valence-electron chi connectivity index (χ2n) is 9.96. The maximum Gasteiger partial charge on any atom is 0.410 e. The molecule has 5 rings (SSSR count). The van der Waals surface area contributed by atoms with Gasteiger partial charge in [0.05, 0.1) is 11.7 Å². The maximum absolute atomic E-state index is 12.6. The first-order chi connectivity index (χ1) is 17.8. The molecule has 1 aliphatic rings. The lowest BCUT2D eigenvalue weighted by Crippen LogP contribution is -2.47. The number of hydrogen-bond donors (Lipinski definition) is 1. The van der Waals surface area contributed by atoms with E-state index in [0.29, 0.717) is 30.3 Å². The Bertz CT molecular complexity index is 1400. The fourth-order valence-electron chi connectivity index (χ4n) is 4.31. The van der Waals surface area contributed by atoms with Crippen LogP contribution in [-0.2, 0) is 4.74 Å². The lowest BCUT2D eigenvalue weighted by molar-refractivity contribution is 0.0206. The molecule has 2 aromatic carbocycles. The van der Waals surface area contributed by atoms with E-state index in [4.69, 9.17) is 21.1 Å². The predicted molar refractivity (Wildman–Crippen MR) is 143 cm³/mol. The topological polar surface area (TPSA) is 94.4 Å². The van der Waals surface area contributed by atoms with Crippen LogP contribution < -0.4 is 10.1 Å². The number of likely N-dealkylation sites (tertiary alicyclic amines) is 1. The Kier molecular flexibility index (Phi) is 6.88. The van der Waals surface area contributed by atoms with Crippen LogP contribution in [0, 0.1) is 0 Å². The minimum atomic E-state index is -0.544. The molecule has 0 unspecified atom stereocenters. The number of nitrogens with zero attached hydrogens (tertiary/aromatic N) is 5. The van der Waals surface area contributed by atoms with Crippen molar-refractivity contribution in [3.05, 3.63) is 66.2 Å². The van der Waals surface area contributed by atoms with Gasteiger partial charge in [-0.3, -0.25) is 0 Å². The maximum atomic E-state index is 12.6. The third-order valence-electron chi connectivity index (χ3n) is 5.92. The number of piperidine rings is 1. The Morgan fingerprint density at radius 3 is 2.70 bits per heavy atom. The van der Waals surface area contributed by atoms with Crippen LogP contribution in [-0.4, -0.2) is 55.5 Å². The lowest BCUT2D eigenvalue weighted by atomic mass is 10.1. The lowest BCUT2D eigenvalue weighted by Gasteiger charge is -2.34. The van der Waals surface area contributed by atoms with Crippen molar-refractivity contribution >= 4 is 34.4 Å². The smallest absolute Gasteiger partial charge is 0.410 e. The molecule has 0 saturated carbocycles. The molecule has 0 bridgehead atoms. The third kappa shape index (κ3) is 5.77. The number of para-hydroxylation sites is 1. The number of fused-ring (bicyclic) bond motifs is 1. The average molecular weight is 521 g/mol. The summed E-state index contributed by atoms with van der Waals surface area (Å²) in [5.74, 6) is 2.01. The van der Waals surface area contributed by atoms with E-state index in [9.17, 15) is 4.79 Å². The number of amides is 1. The summed E-state index contributed by atoms with van der Waals surface area (Å²) in [7, 11) is 0. The van der Waals surface area contributed by atoms with E-state index in [1.807, 2.05) is 69.3 Å². The van der Waals surface area contributed by atoms with E-state index in [1.54, 1.807) is 15.8 Å². The number of benzene rings is 2. The van der Waals surface area contributed by atoms with Gasteiger partial charge in [0.2, 0.25) is 0 Å². The van der Waals surface area contributed by atoms with Gasteiger partial charge < -0.3 is 19.7 Å². The Hall–Kier alpha value is -3.85. The fourth-order valence-corrected chi connectivity index (χ4v) is 4.52. The minimum absolute atomic E-state index is 0.0290. The van der Waals surface area contributed by atoms with E-state index in [2.05, 4.69) is 20.4 Å². The number of nitrogens with one attached hydrogen (secondary N) is 1. The summed E-state index contributed by atoms with van der Waals surface area (Å²) in [5, 5.41) is 9.20. The number of aromatic nitrogens is 4. The molecule has 1 amide bonds. The Balaban J connectivity index is 1.39. The van der Waals surface area contributed by atoms with Crippen molar-refractivity contribution < 1.29 is 14.3 Å². The first-order valence-electron chi connectivity index (χ1n) is 12.2. The molecule has 1 N–H and O–H groups in total. The van der Waals surface area contributed by atoms with Crippen molar-refractivity contribution in [3.63, 3.8) is 0 Å². The Labute approximate surface area is 220 Å². The molecule has 0 spiro atoms. The van der Waals surface area contributed by atoms with Crippen molar-refractivity contribution in [2.45, 2.75) is 45.3 Å². The zero-order valence-corrected chi connectivity index (χ0v) is 21.8. The van der Waals surface area contributed by atoms with Crippen molar-refractivity contribution in [2.75, 3.05) is 18.4 Å². The summed E-state index contributed by atoms with van der Waals surface area (Å²) in [4.78, 5) is 23.0.